The van der Waals surface area contributed by atoms with E-state index >= 15 is 0 Å². The number of hydrogen-bond donors (Lipinski definition) is 2. The minimum Gasteiger partial charge on any atom is -0.383 e. The molecule has 0 aliphatic rings. The predicted octanol–water partition coefficient (Wildman–Crippen LogP) is 3.58. The third-order valence-electron chi connectivity index (χ3n) is 3.59. The van der Waals surface area contributed by atoms with Gasteiger partial charge in [0.25, 0.3) is 0 Å². The number of nitrogen functional groups attached to an aromatic ring is 2. The van der Waals surface area contributed by atoms with Crippen LogP contribution >= 0.6 is 35.6 Å². The van der Waals surface area contributed by atoms with Crippen molar-refractivity contribution >= 4 is 53.1 Å². The Morgan fingerprint density at radius 1 is 1.00 bits per heavy atom. The molecule has 0 radical (unpaired) electrons. The van der Waals surface area contributed by atoms with E-state index in [1.54, 1.807) is 0 Å². The van der Waals surface area contributed by atoms with E-state index < -0.39 is 0 Å². The largest absolute Gasteiger partial charge is 0.383 e. The molecule has 0 aliphatic carbocycles. The number of alkyl halides is 2. The SMILES string of the molecule is CCc1nc(N)nc(N)c1-c1ccc(N(CCCl)CCCl)cc1.Cl. The van der Waals surface area contributed by atoms with E-state index in [1.807, 2.05) is 31.2 Å². The number of aromatic nitrogens is 2. The van der Waals surface area contributed by atoms with Gasteiger partial charge in [0.05, 0.1) is 5.69 Å². The Balaban J connectivity index is 0.00000288. The number of aryl methyl sites for hydroxylation is 1. The van der Waals surface area contributed by atoms with Gasteiger partial charge in [-0.25, -0.2) is 4.98 Å². The van der Waals surface area contributed by atoms with Crippen molar-refractivity contribution in [3.8, 4) is 11.1 Å². The summed E-state index contributed by atoms with van der Waals surface area (Å²) < 4.78 is 0. The predicted molar refractivity (Wildman–Crippen MR) is 107 cm³/mol. The van der Waals surface area contributed by atoms with E-state index in [0.29, 0.717) is 17.6 Å². The molecular formula is C16H22Cl3N5. The van der Waals surface area contributed by atoms with Crippen LogP contribution in [-0.2, 0) is 6.42 Å². The molecule has 0 fully saturated rings. The van der Waals surface area contributed by atoms with Crippen LogP contribution in [0.2, 0.25) is 0 Å². The van der Waals surface area contributed by atoms with E-state index in [9.17, 15) is 0 Å². The summed E-state index contributed by atoms with van der Waals surface area (Å²) in [5.41, 5.74) is 15.5. The number of rotatable bonds is 7. The van der Waals surface area contributed by atoms with E-state index in [1.165, 1.54) is 0 Å². The monoisotopic (exact) mass is 389 g/mol. The van der Waals surface area contributed by atoms with Crippen molar-refractivity contribution in [2.24, 2.45) is 0 Å². The van der Waals surface area contributed by atoms with Gasteiger partial charge in [-0.3, -0.25) is 0 Å². The highest BCUT2D eigenvalue weighted by atomic mass is 35.5. The lowest BCUT2D eigenvalue weighted by atomic mass is 10.0. The van der Waals surface area contributed by atoms with Gasteiger partial charge < -0.3 is 16.4 Å². The van der Waals surface area contributed by atoms with Gasteiger partial charge in [-0.15, -0.1) is 35.6 Å². The van der Waals surface area contributed by atoms with Gasteiger partial charge in [0.1, 0.15) is 5.82 Å². The zero-order valence-corrected chi connectivity index (χ0v) is 15.8. The van der Waals surface area contributed by atoms with Crippen molar-refractivity contribution in [1.82, 2.24) is 9.97 Å². The Labute approximate surface area is 158 Å². The number of hydrogen-bond acceptors (Lipinski definition) is 5. The molecule has 1 aromatic carbocycles. The smallest absolute Gasteiger partial charge is 0.222 e. The molecule has 24 heavy (non-hydrogen) atoms. The molecule has 4 N–H and O–H groups in total. The fourth-order valence-electron chi connectivity index (χ4n) is 2.53. The molecule has 0 amide bonds. The molecule has 2 rings (SSSR count). The Morgan fingerprint density at radius 3 is 2.08 bits per heavy atom. The average molecular weight is 391 g/mol. The molecular weight excluding hydrogens is 369 g/mol. The van der Waals surface area contributed by atoms with Crippen molar-refractivity contribution in [3.05, 3.63) is 30.0 Å². The van der Waals surface area contributed by atoms with Gasteiger partial charge in [0.15, 0.2) is 0 Å². The minimum atomic E-state index is 0. The maximum atomic E-state index is 6.05. The summed E-state index contributed by atoms with van der Waals surface area (Å²) in [4.78, 5) is 10.5. The van der Waals surface area contributed by atoms with Gasteiger partial charge in [-0.2, -0.15) is 4.98 Å². The van der Waals surface area contributed by atoms with Crippen molar-refractivity contribution < 1.29 is 0 Å². The fourth-order valence-corrected chi connectivity index (χ4v) is 2.94. The lowest BCUT2D eigenvalue weighted by Gasteiger charge is -2.23. The topological polar surface area (TPSA) is 81.1 Å². The number of halogens is 3. The molecule has 0 saturated heterocycles. The number of anilines is 3. The van der Waals surface area contributed by atoms with E-state index in [2.05, 4.69) is 14.9 Å². The quantitative estimate of drug-likeness (QED) is 0.706. The number of nitrogens with two attached hydrogens (primary N) is 2. The van der Waals surface area contributed by atoms with Gasteiger partial charge >= 0.3 is 0 Å². The normalized spacial score (nSPS) is 10.3. The first kappa shape index (κ1) is 20.6. The summed E-state index contributed by atoms with van der Waals surface area (Å²) in [5, 5.41) is 0. The highest BCUT2D eigenvalue weighted by Gasteiger charge is 2.13. The lowest BCUT2D eigenvalue weighted by Crippen LogP contribution is -2.27. The van der Waals surface area contributed by atoms with Crippen LogP contribution in [0.5, 0.6) is 0 Å². The Hall–Kier alpha value is -1.43. The summed E-state index contributed by atoms with van der Waals surface area (Å²) in [5.74, 6) is 1.71. The molecule has 0 unspecified atom stereocenters. The molecule has 5 nitrogen and oxygen atoms in total. The average Bonchev–Trinajstić information content (AvgIpc) is 2.54. The number of nitrogens with zero attached hydrogens (tertiary/aromatic N) is 3. The molecule has 8 heteroatoms. The zero-order chi connectivity index (χ0) is 16.8. The van der Waals surface area contributed by atoms with E-state index in [4.69, 9.17) is 34.7 Å². The molecule has 1 aromatic heterocycles. The highest BCUT2D eigenvalue weighted by molar-refractivity contribution is 6.18. The van der Waals surface area contributed by atoms with Crippen LogP contribution < -0.4 is 16.4 Å². The first-order valence-electron chi connectivity index (χ1n) is 7.49. The molecule has 0 atom stereocenters. The lowest BCUT2D eigenvalue weighted by molar-refractivity contribution is 0.874. The molecule has 0 bridgehead atoms. The number of benzene rings is 1. The highest BCUT2D eigenvalue weighted by Crippen LogP contribution is 2.30. The zero-order valence-electron chi connectivity index (χ0n) is 13.5. The second kappa shape index (κ2) is 9.77. The van der Waals surface area contributed by atoms with E-state index in [0.717, 1.165) is 42.0 Å². The van der Waals surface area contributed by atoms with Crippen molar-refractivity contribution in [1.29, 1.82) is 0 Å². The summed E-state index contributed by atoms with van der Waals surface area (Å²) in [6.45, 7) is 3.52. The van der Waals surface area contributed by atoms with Crippen LogP contribution in [0.3, 0.4) is 0 Å². The fraction of sp³-hybridized carbons (Fsp3) is 0.375. The summed E-state index contributed by atoms with van der Waals surface area (Å²) in [6, 6.07) is 8.08. The second-order valence-corrected chi connectivity index (χ2v) is 5.81. The Morgan fingerprint density at radius 2 is 1.58 bits per heavy atom. The molecule has 0 aliphatic heterocycles. The third kappa shape index (κ3) is 4.79. The molecule has 0 spiro atoms. The van der Waals surface area contributed by atoms with Crippen molar-refractivity contribution in [2.75, 3.05) is 41.2 Å². The van der Waals surface area contributed by atoms with Crippen LogP contribution in [0.25, 0.3) is 11.1 Å². The van der Waals surface area contributed by atoms with Crippen LogP contribution in [0.15, 0.2) is 24.3 Å². The summed E-state index contributed by atoms with van der Waals surface area (Å²) >= 11 is 11.7. The maximum Gasteiger partial charge on any atom is 0.222 e. The van der Waals surface area contributed by atoms with Gasteiger partial charge in [-0.1, -0.05) is 19.1 Å². The van der Waals surface area contributed by atoms with Crippen LogP contribution in [0.1, 0.15) is 12.6 Å². The van der Waals surface area contributed by atoms with Gasteiger partial charge in [0.2, 0.25) is 5.95 Å². The van der Waals surface area contributed by atoms with E-state index in [-0.39, 0.29) is 18.4 Å². The summed E-state index contributed by atoms with van der Waals surface area (Å²) in [6.07, 6.45) is 0.735. The molecule has 0 saturated carbocycles. The Kier molecular flexibility index (Phi) is 8.39. The molecule has 2 aromatic rings. The Bertz CT molecular complexity index is 643. The van der Waals surface area contributed by atoms with Crippen molar-refractivity contribution in [3.63, 3.8) is 0 Å². The molecule has 1 heterocycles. The standard InChI is InChI=1S/C16H21Cl2N5.ClH/c1-2-13-14(15(19)22-16(20)21-13)11-3-5-12(6-4-11)23(9-7-17)10-8-18;/h3-6H,2,7-10H2,1H3,(H4,19,20,21,22);1H. The maximum absolute atomic E-state index is 6.05. The minimum absolute atomic E-state index is 0. The summed E-state index contributed by atoms with van der Waals surface area (Å²) in [7, 11) is 0. The van der Waals surface area contributed by atoms with Crippen LogP contribution in [0.4, 0.5) is 17.5 Å². The van der Waals surface area contributed by atoms with Gasteiger partial charge in [0, 0.05) is 36.1 Å². The first-order valence-corrected chi connectivity index (χ1v) is 8.56. The van der Waals surface area contributed by atoms with Crippen LogP contribution in [-0.4, -0.2) is 34.8 Å². The van der Waals surface area contributed by atoms with Crippen molar-refractivity contribution in [2.45, 2.75) is 13.3 Å². The van der Waals surface area contributed by atoms with Gasteiger partial charge in [-0.05, 0) is 24.1 Å². The van der Waals surface area contributed by atoms with Crippen LogP contribution in [0, 0.1) is 0 Å². The first-order chi connectivity index (χ1) is 11.1. The third-order valence-corrected chi connectivity index (χ3v) is 3.93. The molecule has 132 valence electrons. The second-order valence-electron chi connectivity index (χ2n) is 5.05.